The van der Waals surface area contributed by atoms with Crippen LogP contribution in [-0.2, 0) is 0 Å². The Morgan fingerprint density at radius 2 is 2.00 bits per heavy atom. The quantitative estimate of drug-likeness (QED) is 0.611. The van der Waals surface area contributed by atoms with Gasteiger partial charge in [0.2, 0.25) is 0 Å². The fraction of sp³-hybridized carbons (Fsp3) is 0.600. The Hall–Kier alpha value is -1.08. The van der Waals surface area contributed by atoms with Gasteiger partial charge in [-0.05, 0) is 72.1 Å². The Labute approximate surface area is 131 Å². The minimum absolute atomic E-state index is 0.472. The van der Waals surface area contributed by atoms with Gasteiger partial charge in [0.1, 0.15) is 0 Å². The zero-order valence-corrected chi connectivity index (χ0v) is 14.3. The van der Waals surface area contributed by atoms with Gasteiger partial charge in [0.25, 0.3) is 0 Å². The monoisotopic (exact) mass is 288 g/mol. The van der Waals surface area contributed by atoms with Crippen LogP contribution < -0.4 is 0 Å². The molecule has 0 radical (unpaired) electrons. The molecule has 1 nitrogen and oxygen atoms in total. The molecule has 1 aliphatic carbocycles. The molecule has 0 aromatic heterocycles. The molecule has 0 aromatic carbocycles. The van der Waals surface area contributed by atoms with E-state index in [1.807, 2.05) is 13.0 Å². The molecule has 1 aliphatic rings. The third kappa shape index (κ3) is 7.47. The molecule has 0 aliphatic heterocycles. The van der Waals surface area contributed by atoms with Crippen molar-refractivity contribution in [2.45, 2.75) is 71.8 Å². The van der Waals surface area contributed by atoms with Crippen molar-refractivity contribution in [1.82, 2.24) is 0 Å². The lowest BCUT2D eigenvalue weighted by molar-refractivity contribution is 0.0950. The summed E-state index contributed by atoms with van der Waals surface area (Å²) in [6, 6.07) is 0. The third-order valence-electron chi connectivity index (χ3n) is 4.39. The van der Waals surface area contributed by atoms with Crippen molar-refractivity contribution in [2.75, 3.05) is 0 Å². The van der Waals surface area contributed by atoms with Gasteiger partial charge in [0.05, 0.1) is 5.60 Å². The maximum atomic E-state index is 10.5. The lowest BCUT2D eigenvalue weighted by Gasteiger charge is -2.23. The maximum absolute atomic E-state index is 10.5. The summed E-state index contributed by atoms with van der Waals surface area (Å²) in [5, 5.41) is 10.5. The van der Waals surface area contributed by atoms with E-state index in [1.165, 1.54) is 16.7 Å². The Balaban J connectivity index is 2.87. The molecular formula is C20H32O. The minimum atomic E-state index is -0.711. The van der Waals surface area contributed by atoms with E-state index in [1.54, 1.807) is 0 Å². The molecule has 2 atom stereocenters. The molecule has 1 heteroatoms. The summed E-state index contributed by atoms with van der Waals surface area (Å²) in [5.41, 5.74) is 3.36. The van der Waals surface area contributed by atoms with E-state index in [9.17, 15) is 5.11 Å². The summed E-state index contributed by atoms with van der Waals surface area (Å²) < 4.78 is 0. The number of rotatable bonds is 1. The number of hydrogen-bond acceptors (Lipinski definition) is 1. The van der Waals surface area contributed by atoms with E-state index in [0.717, 1.165) is 38.5 Å². The molecule has 0 amide bonds. The van der Waals surface area contributed by atoms with Gasteiger partial charge in [-0.15, -0.1) is 0 Å². The highest BCUT2D eigenvalue weighted by molar-refractivity contribution is 5.11. The van der Waals surface area contributed by atoms with Crippen molar-refractivity contribution in [3.63, 3.8) is 0 Å². The maximum Gasteiger partial charge on any atom is 0.0800 e. The second-order valence-electron chi connectivity index (χ2n) is 6.92. The smallest absolute Gasteiger partial charge is 0.0800 e. The summed E-state index contributed by atoms with van der Waals surface area (Å²) in [7, 11) is 0. The van der Waals surface area contributed by atoms with Gasteiger partial charge < -0.3 is 5.11 Å². The summed E-state index contributed by atoms with van der Waals surface area (Å²) in [6.07, 6.45) is 14.8. The first-order valence-electron chi connectivity index (χ1n) is 8.17. The SMILES string of the molecule is C=C(C)C1CC=C(C)CCC=C(C)CC=CC(C)(O)CC1. The average Bonchev–Trinajstić information content (AvgIpc) is 2.37. The highest BCUT2D eigenvalue weighted by atomic mass is 16.3. The molecule has 0 heterocycles. The number of hydrogen-bond donors (Lipinski definition) is 1. The van der Waals surface area contributed by atoms with Gasteiger partial charge in [-0.3, -0.25) is 0 Å². The molecule has 0 spiro atoms. The Morgan fingerprint density at radius 3 is 2.67 bits per heavy atom. The second kappa shape index (κ2) is 8.38. The average molecular weight is 288 g/mol. The lowest BCUT2D eigenvalue weighted by Crippen LogP contribution is -2.22. The molecule has 1 N–H and O–H groups in total. The van der Waals surface area contributed by atoms with Crippen LogP contribution in [0.25, 0.3) is 0 Å². The number of aliphatic hydroxyl groups is 1. The highest BCUT2D eigenvalue weighted by Crippen LogP contribution is 2.26. The van der Waals surface area contributed by atoms with Crippen LogP contribution in [0.2, 0.25) is 0 Å². The second-order valence-corrected chi connectivity index (χ2v) is 6.92. The van der Waals surface area contributed by atoms with Crippen molar-refractivity contribution in [3.05, 3.63) is 47.6 Å². The summed E-state index contributed by atoms with van der Waals surface area (Å²) in [6.45, 7) is 12.5. The molecule has 0 aromatic rings. The van der Waals surface area contributed by atoms with E-state index >= 15 is 0 Å². The zero-order chi connectivity index (χ0) is 15.9. The lowest BCUT2D eigenvalue weighted by atomic mass is 9.86. The predicted molar refractivity (Wildman–Crippen MR) is 93.3 cm³/mol. The van der Waals surface area contributed by atoms with Crippen LogP contribution in [0.15, 0.2) is 47.6 Å². The predicted octanol–water partition coefficient (Wildman–Crippen LogP) is 5.73. The highest BCUT2D eigenvalue weighted by Gasteiger charge is 2.19. The first-order chi connectivity index (χ1) is 9.80. The minimum Gasteiger partial charge on any atom is -0.386 e. The van der Waals surface area contributed by atoms with Gasteiger partial charge in [0.15, 0.2) is 0 Å². The first-order valence-corrected chi connectivity index (χ1v) is 8.17. The fourth-order valence-corrected chi connectivity index (χ4v) is 2.69. The van der Waals surface area contributed by atoms with Crippen LogP contribution in [0, 0.1) is 5.92 Å². The molecule has 0 saturated heterocycles. The normalized spacial score (nSPS) is 29.3. The third-order valence-corrected chi connectivity index (χ3v) is 4.39. The molecule has 2 unspecified atom stereocenters. The van der Waals surface area contributed by atoms with Crippen LogP contribution in [-0.4, -0.2) is 10.7 Å². The molecule has 0 bridgehead atoms. The van der Waals surface area contributed by atoms with E-state index in [4.69, 9.17) is 0 Å². The molecule has 0 fully saturated rings. The van der Waals surface area contributed by atoms with Crippen LogP contribution in [0.1, 0.15) is 66.2 Å². The molecule has 1 rings (SSSR count). The molecular weight excluding hydrogens is 256 g/mol. The summed E-state index contributed by atoms with van der Waals surface area (Å²) >= 11 is 0. The Bertz CT molecular complexity index is 435. The summed E-state index contributed by atoms with van der Waals surface area (Å²) in [4.78, 5) is 0. The van der Waals surface area contributed by atoms with Gasteiger partial charge in [-0.25, -0.2) is 0 Å². The van der Waals surface area contributed by atoms with Crippen molar-refractivity contribution in [2.24, 2.45) is 5.92 Å². The van der Waals surface area contributed by atoms with E-state index in [0.29, 0.717) is 5.92 Å². The van der Waals surface area contributed by atoms with Gasteiger partial charge in [0, 0.05) is 0 Å². The van der Waals surface area contributed by atoms with Crippen LogP contribution >= 0.6 is 0 Å². The largest absolute Gasteiger partial charge is 0.386 e. The van der Waals surface area contributed by atoms with Crippen LogP contribution in [0.4, 0.5) is 0 Å². The first kappa shape index (κ1) is 18.0. The van der Waals surface area contributed by atoms with E-state index in [2.05, 4.69) is 45.6 Å². The number of allylic oxidation sites excluding steroid dienone is 6. The zero-order valence-electron chi connectivity index (χ0n) is 14.3. The van der Waals surface area contributed by atoms with Crippen molar-refractivity contribution < 1.29 is 5.11 Å². The standard InChI is InChI=1S/C20H32O/c1-16(2)19-12-11-18(4)9-6-8-17(3)10-7-14-20(5,21)15-13-19/h7-8,11,14,19,21H,1,6,9-10,12-13,15H2,2-5H3. The van der Waals surface area contributed by atoms with Gasteiger partial charge in [-0.1, -0.05) is 47.6 Å². The van der Waals surface area contributed by atoms with Crippen molar-refractivity contribution in [3.8, 4) is 0 Å². The summed E-state index contributed by atoms with van der Waals surface area (Å²) in [5.74, 6) is 0.472. The van der Waals surface area contributed by atoms with Crippen molar-refractivity contribution in [1.29, 1.82) is 0 Å². The molecule has 0 saturated carbocycles. The van der Waals surface area contributed by atoms with Crippen LogP contribution in [0.3, 0.4) is 0 Å². The topological polar surface area (TPSA) is 20.2 Å². The van der Waals surface area contributed by atoms with Crippen LogP contribution in [0.5, 0.6) is 0 Å². The fourth-order valence-electron chi connectivity index (χ4n) is 2.69. The van der Waals surface area contributed by atoms with Gasteiger partial charge >= 0.3 is 0 Å². The van der Waals surface area contributed by atoms with E-state index in [-0.39, 0.29) is 0 Å². The Kier molecular flexibility index (Phi) is 7.17. The molecule has 118 valence electrons. The van der Waals surface area contributed by atoms with Gasteiger partial charge in [-0.2, -0.15) is 0 Å². The van der Waals surface area contributed by atoms with E-state index < -0.39 is 5.60 Å². The van der Waals surface area contributed by atoms with Crippen molar-refractivity contribution >= 4 is 0 Å². The molecule has 21 heavy (non-hydrogen) atoms. The Morgan fingerprint density at radius 1 is 1.29 bits per heavy atom.